The molecule has 2 aliphatic heterocycles. The van der Waals surface area contributed by atoms with Crippen LogP contribution < -0.4 is 20.9 Å². The fourth-order valence-electron chi connectivity index (χ4n) is 12.4. The van der Waals surface area contributed by atoms with Crippen molar-refractivity contribution in [2.24, 2.45) is 21.5 Å². The molecular weight excluding hydrogens is 1160 g/mol. The van der Waals surface area contributed by atoms with Gasteiger partial charge in [-0.15, -0.1) is 0 Å². The molecule has 0 bridgehead atoms. The number of amidine groups is 2. The number of methoxy groups -OCH3 is 2. The largest absolute Gasteiger partial charge is 0.507 e. The number of aliphatic hydroxyl groups is 4. The first-order chi connectivity index (χ1) is 40.7. The smallest absolute Gasteiger partial charge is 0.202 e. The number of nitrogens with two attached hydrogens (primary N) is 2. The number of aliphatic hydroxyl groups excluding tert-OH is 2. The Morgan fingerprint density at radius 3 is 1.30 bits per heavy atom. The van der Waals surface area contributed by atoms with Gasteiger partial charge in [-0.2, -0.15) is 0 Å². The highest BCUT2D eigenvalue weighted by molar-refractivity contribution is 8.76. The Labute approximate surface area is 500 Å². The average Bonchev–Trinajstić information content (AvgIpc) is 0.861. The molecule has 4 aromatic rings. The molecule has 10 rings (SSSR count). The van der Waals surface area contributed by atoms with E-state index in [1.54, 1.807) is 13.8 Å². The van der Waals surface area contributed by atoms with Crippen LogP contribution in [-0.2, 0) is 41.4 Å². The maximum absolute atomic E-state index is 14.1. The Morgan fingerprint density at radius 1 is 0.593 bits per heavy atom. The topological polar surface area (TPSA) is 396 Å². The number of carbonyl (C=O) groups excluding carboxylic acids is 6. The summed E-state index contributed by atoms with van der Waals surface area (Å²) in [4.78, 5) is 91.2. The van der Waals surface area contributed by atoms with Gasteiger partial charge in [-0.3, -0.25) is 38.8 Å². The molecule has 2 heterocycles. The third-order valence-electron chi connectivity index (χ3n) is 17.1. The number of hydrogen-bond acceptors (Lipinski definition) is 24. The van der Waals surface area contributed by atoms with Crippen LogP contribution in [0.15, 0.2) is 46.4 Å². The summed E-state index contributed by atoms with van der Waals surface area (Å²) < 4.78 is 35.6. The number of aromatic hydroxyl groups is 4. The molecule has 0 aromatic heterocycles. The Balaban J connectivity index is 0.767. The van der Waals surface area contributed by atoms with Crippen LogP contribution in [0.1, 0.15) is 164 Å². The molecule has 4 aliphatic carbocycles. The minimum absolute atomic E-state index is 0.0674. The van der Waals surface area contributed by atoms with Crippen molar-refractivity contribution in [1.29, 1.82) is 0 Å². The molecule has 0 saturated carbocycles. The molecular formula is C60H66N4O20S2. The predicted octanol–water partition coefficient (Wildman–Crippen LogP) is 4.03. The highest BCUT2D eigenvalue weighted by Gasteiger charge is 2.52. The number of benzene rings is 4. The third-order valence-corrected chi connectivity index (χ3v) is 19.5. The average molecular weight is 1230 g/mol. The van der Waals surface area contributed by atoms with Crippen LogP contribution in [0.4, 0.5) is 0 Å². The monoisotopic (exact) mass is 1230 g/mol. The second kappa shape index (κ2) is 23.9. The summed E-state index contributed by atoms with van der Waals surface area (Å²) in [7, 11) is 5.54. The lowest BCUT2D eigenvalue weighted by Crippen LogP contribution is -2.49. The molecule has 4 aromatic carbocycles. The Bertz CT molecular complexity index is 3350. The molecule has 12 N–H and O–H groups in total. The van der Waals surface area contributed by atoms with Crippen LogP contribution in [0, 0.1) is 0 Å². The van der Waals surface area contributed by atoms with E-state index in [0.717, 1.165) is 13.8 Å². The van der Waals surface area contributed by atoms with Gasteiger partial charge in [-0.25, -0.2) is 0 Å². The van der Waals surface area contributed by atoms with E-state index < -0.39 is 178 Å². The lowest BCUT2D eigenvalue weighted by Gasteiger charge is -2.42. The normalized spacial score (nSPS) is 28.8. The number of phenolic OH excluding ortho intramolecular Hbond substituents is 4. The summed E-state index contributed by atoms with van der Waals surface area (Å²) in [5.74, 6) is -5.83. The minimum Gasteiger partial charge on any atom is -0.507 e. The number of aliphatic imine (C=N–C) groups is 2. The summed E-state index contributed by atoms with van der Waals surface area (Å²) in [6, 6.07) is 6.97. The second-order valence-electron chi connectivity index (χ2n) is 22.5. The first kappa shape index (κ1) is 62.1. The van der Waals surface area contributed by atoms with Crippen molar-refractivity contribution < 1.29 is 98.0 Å². The molecule has 26 heteroatoms. The van der Waals surface area contributed by atoms with E-state index in [2.05, 4.69) is 9.98 Å². The molecule has 12 unspecified atom stereocenters. The number of ether oxygens (including phenoxy) is 6. The lowest BCUT2D eigenvalue weighted by molar-refractivity contribution is -0.247. The van der Waals surface area contributed by atoms with Crippen molar-refractivity contribution >= 4 is 68.0 Å². The number of ketones is 6. The highest BCUT2D eigenvalue weighted by atomic mass is 33.1. The number of carbonyl (C=O) groups is 6. The van der Waals surface area contributed by atoms with E-state index in [1.807, 2.05) is 0 Å². The van der Waals surface area contributed by atoms with E-state index in [4.69, 9.17) is 39.9 Å². The summed E-state index contributed by atoms with van der Waals surface area (Å²) in [5.41, 5.74) is 5.63. The third kappa shape index (κ3) is 10.9. The van der Waals surface area contributed by atoms with Gasteiger partial charge >= 0.3 is 0 Å². The second-order valence-corrected chi connectivity index (χ2v) is 25.2. The molecule has 2 saturated heterocycles. The molecule has 458 valence electrons. The van der Waals surface area contributed by atoms with Gasteiger partial charge in [-0.05, 0) is 39.8 Å². The minimum atomic E-state index is -2.14. The van der Waals surface area contributed by atoms with Crippen LogP contribution in [-0.4, -0.2) is 173 Å². The fourth-order valence-corrected chi connectivity index (χ4v) is 14.4. The maximum atomic E-state index is 14.1. The first-order valence-corrected chi connectivity index (χ1v) is 30.3. The van der Waals surface area contributed by atoms with E-state index in [9.17, 15) is 69.6 Å². The van der Waals surface area contributed by atoms with Gasteiger partial charge in [0.2, 0.25) is 11.6 Å². The van der Waals surface area contributed by atoms with E-state index in [1.165, 1.54) is 72.2 Å². The molecule has 24 nitrogen and oxygen atoms in total. The Kier molecular flexibility index (Phi) is 17.3. The van der Waals surface area contributed by atoms with Gasteiger partial charge in [0.1, 0.15) is 57.9 Å². The van der Waals surface area contributed by atoms with Crippen molar-refractivity contribution in [3.05, 3.63) is 103 Å². The van der Waals surface area contributed by atoms with Gasteiger partial charge < -0.3 is 80.7 Å². The van der Waals surface area contributed by atoms with Gasteiger partial charge in [0.05, 0.1) is 95.8 Å². The molecule has 0 amide bonds. The zero-order valence-corrected chi connectivity index (χ0v) is 49.3. The van der Waals surface area contributed by atoms with Crippen molar-refractivity contribution in [2.45, 2.75) is 152 Å². The summed E-state index contributed by atoms with van der Waals surface area (Å²) in [5, 5.41) is 93.1. The maximum Gasteiger partial charge on any atom is 0.202 e. The highest BCUT2D eigenvalue weighted by Crippen LogP contribution is 2.55. The van der Waals surface area contributed by atoms with Crippen molar-refractivity contribution in [3.63, 3.8) is 0 Å². The van der Waals surface area contributed by atoms with E-state index in [-0.39, 0.29) is 93.4 Å². The van der Waals surface area contributed by atoms with Crippen molar-refractivity contribution in [1.82, 2.24) is 0 Å². The van der Waals surface area contributed by atoms with Crippen LogP contribution in [0.3, 0.4) is 0 Å². The number of nitrogens with zero attached hydrogens (tertiary/aromatic N) is 2. The molecule has 0 spiro atoms. The van der Waals surface area contributed by atoms with Crippen LogP contribution in [0.5, 0.6) is 34.5 Å². The number of rotatable bonds is 17. The quantitative estimate of drug-likeness (QED) is 0.0203. The summed E-state index contributed by atoms with van der Waals surface area (Å²) >= 11 is 0. The molecule has 12 atom stereocenters. The Morgan fingerprint density at radius 2 is 0.953 bits per heavy atom. The zero-order valence-electron chi connectivity index (χ0n) is 47.7. The van der Waals surface area contributed by atoms with Crippen LogP contribution >= 0.6 is 21.6 Å². The predicted molar refractivity (Wildman–Crippen MR) is 310 cm³/mol. The zero-order chi connectivity index (χ0) is 62.2. The first-order valence-electron chi connectivity index (χ1n) is 27.8. The Hall–Kier alpha value is -6.98. The van der Waals surface area contributed by atoms with Gasteiger partial charge in [-0.1, -0.05) is 45.9 Å². The van der Waals surface area contributed by atoms with Crippen LogP contribution in [0.2, 0.25) is 0 Å². The standard InChI is InChI=1S/C60H66N4O20S2/c1-23-49(67)31(17-39(81-23)83-35-21-59(77,25(3)65)19-29-43(35)57(75)47-45(53(29)71)51(69)27-9-7-11-33(79-5)41(27)55(47)73)63-37(61)13-15-85-86-16-14-38(62)64-32-18-40(82-24(2)50(32)68)84-36-22-60(78,26(4)66)20-30-44(36)58(76)48-46(54(30)72)52(70)28-10-8-12-34(80-6)42(28)56(48)74/h7-12,23-24,31-32,35-36,39-40,49-50,67-68,71-72,75-78H,13-22H2,1-6H3,(H2,61,63)(H2,62,64). The van der Waals surface area contributed by atoms with E-state index in [0.29, 0.717) is 11.5 Å². The van der Waals surface area contributed by atoms with Crippen molar-refractivity contribution in [3.8, 4) is 34.5 Å². The molecule has 0 radical (unpaired) electrons. The fraction of sp³-hybridized carbons (Fsp3) is 0.467. The summed E-state index contributed by atoms with van der Waals surface area (Å²) in [6.07, 6.45) is -10.7. The van der Waals surface area contributed by atoms with Gasteiger partial charge in [0.15, 0.2) is 35.7 Å². The lowest BCUT2D eigenvalue weighted by atomic mass is 9.72. The number of fused-ring (bicyclic) bond motifs is 6. The van der Waals surface area contributed by atoms with Crippen LogP contribution in [0.25, 0.3) is 0 Å². The summed E-state index contributed by atoms with van der Waals surface area (Å²) in [6.45, 7) is 5.46. The van der Waals surface area contributed by atoms with Gasteiger partial charge in [0, 0.05) is 96.3 Å². The van der Waals surface area contributed by atoms with Crippen molar-refractivity contribution in [2.75, 3.05) is 25.7 Å². The number of Topliss-reactive ketones (excluding diaryl/α,β-unsaturated/α-hetero) is 2. The number of hydrogen-bond donors (Lipinski definition) is 10. The number of phenols is 4. The molecule has 6 aliphatic rings. The molecule has 2 fully saturated rings. The SMILES string of the molecule is COc1cccc2c1C(=O)c1c(O)c3c(c(O)c1C2=O)CC(O)(C(C)=O)CC3OC1CC(N=C(N)CCSSCCC(N)=NC2CC(OC3CC(O)(C(C)=O)Cc4c(O)c5c(c(O)c43)C(=O)c3c(OC)cccc3C5=O)OC(C)C2O)C(O)C(C)O1. The van der Waals surface area contributed by atoms with E-state index >= 15 is 0 Å². The van der Waals surface area contributed by atoms with Gasteiger partial charge in [0.25, 0.3) is 0 Å². The molecule has 86 heavy (non-hydrogen) atoms.